The lowest BCUT2D eigenvalue weighted by molar-refractivity contribution is -0.122. The summed E-state index contributed by atoms with van der Waals surface area (Å²) in [6.07, 6.45) is 6.07. The molecule has 1 aliphatic carbocycles. The van der Waals surface area contributed by atoms with Crippen LogP contribution < -0.4 is 20.7 Å². The zero-order valence-corrected chi connectivity index (χ0v) is 24.5. The van der Waals surface area contributed by atoms with Gasteiger partial charge in [0.25, 0.3) is 0 Å². The van der Waals surface area contributed by atoms with Crippen molar-refractivity contribution in [2.45, 2.75) is 67.7 Å². The number of ether oxygens (including phenoxy) is 1. The molecule has 1 fully saturated rings. The van der Waals surface area contributed by atoms with Crippen molar-refractivity contribution in [2.75, 3.05) is 37.9 Å². The predicted octanol–water partition coefficient (Wildman–Crippen LogP) is 5.39. The summed E-state index contributed by atoms with van der Waals surface area (Å²) in [7, 11) is -1.10. The molecule has 0 radical (unpaired) electrons. The van der Waals surface area contributed by atoms with Gasteiger partial charge in [0.2, 0.25) is 15.7 Å². The second kappa shape index (κ2) is 11.7. The minimum atomic E-state index is -4.19. The first-order valence-electron chi connectivity index (χ1n) is 13.4. The quantitative estimate of drug-likeness (QED) is 0.368. The Balaban J connectivity index is 1.75. The Bertz CT molecular complexity index is 1360. The smallest absolute Gasteiger partial charge is 0.321 e. The van der Waals surface area contributed by atoms with Crippen molar-refractivity contribution in [1.82, 2.24) is 10.2 Å². The lowest BCUT2D eigenvalue weighted by atomic mass is 9.76. The van der Waals surface area contributed by atoms with Crippen LogP contribution in [0.1, 0.15) is 57.9 Å². The number of carbonyl (C=O) groups is 2. The molecule has 1 aliphatic heterocycles. The molecule has 2 aromatic rings. The average Bonchev–Trinajstić information content (AvgIpc) is 3.20. The number of carbonyl (C=O) groups excluding carboxylic acids is 2. The van der Waals surface area contributed by atoms with Gasteiger partial charge in [0.05, 0.1) is 17.7 Å². The van der Waals surface area contributed by atoms with Gasteiger partial charge in [-0.25, -0.2) is 13.2 Å². The summed E-state index contributed by atoms with van der Waals surface area (Å²) in [6, 6.07) is 7.12. The van der Waals surface area contributed by atoms with E-state index >= 15 is 0 Å². The molecule has 4 rings (SSSR count). The third kappa shape index (κ3) is 5.47. The van der Waals surface area contributed by atoms with Gasteiger partial charge in [-0.2, -0.15) is 0 Å². The standard InChI is InChI=1S/C28H37ClN4O5S/c1-5-33(6-2)27(35)31-20-12-13-23(22(16-20)38-4)39(36,37)24-15-19(29)14-21-25(24)32-26(34)28(21,30-3)17-18-10-8-7-9-11-18/h12-16,18,30H,5-11,17H2,1-4H3,(H,31,35)(H,32,34). The molecule has 3 N–H and O–H groups in total. The fourth-order valence-corrected chi connectivity index (χ4v) is 7.66. The minimum Gasteiger partial charge on any atom is -0.495 e. The molecule has 0 bridgehead atoms. The third-order valence-electron chi connectivity index (χ3n) is 7.94. The lowest BCUT2D eigenvalue weighted by Crippen LogP contribution is -2.47. The Kier molecular flexibility index (Phi) is 8.78. The first kappa shape index (κ1) is 29.2. The molecule has 2 aliphatic rings. The minimum absolute atomic E-state index is 0.0625. The van der Waals surface area contributed by atoms with Gasteiger partial charge >= 0.3 is 6.03 Å². The van der Waals surface area contributed by atoms with Gasteiger partial charge in [0.1, 0.15) is 16.2 Å². The molecule has 1 atom stereocenters. The van der Waals surface area contributed by atoms with Crippen LogP contribution >= 0.6 is 11.6 Å². The van der Waals surface area contributed by atoms with Crippen LogP contribution in [0.25, 0.3) is 0 Å². The summed E-state index contributed by atoms with van der Waals surface area (Å²) >= 11 is 6.50. The maximum Gasteiger partial charge on any atom is 0.321 e. The second-order valence-electron chi connectivity index (χ2n) is 10.1. The van der Waals surface area contributed by atoms with Crippen molar-refractivity contribution >= 4 is 44.8 Å². The predicted molar refractivity (Wildman–Crippen MR) is 152 cm³/mol. The van der Waals surface area contributed by atoms with Crippen LogP contribution in [0, 0.1) is 5.92 Å². The van der Waals surface area contributed by atoms with Gasteiger partial charge in [-0.3, -0.25) is 4.79 Å². The number of hydrogen-bond acceptors (Lipinski definition) is 6. The first-order chi connectivity index (χ1) is 18.6. The maximum atomic E-state index is 14.0. The van der Waals surface area contributed by atoms with Crippen molar-refractivity contribution in [3.05, 3.63) is 40.9 Å². The highest BCUT2D eigenvalue weighted by Gasteiger charge is 2.49. The molecule has 9 nitrogen and oxygen atoms in total. The first-order valence-corrected chi connectivity index (χ1v) is 15.3. The van der Waals surface area contributed by atoms with Crippen molar-refractivity contribution in [3.8, 4) is 5.75 Å². The molecular weight excluding hydrogens is 540 g/mol. The Morgan fingerprint density at radius 2 is 1.82 bits per heavy atom. The van der Waals surface area contributed by atoms with Crippen LogP contribution in [0.3, 0.4) is 0 Å². The van der Waals surface area contributed by atoms with E-state index in [2.05, 4.69) is 16.0 Å². The van der Waals surface area contributed by atoms with Gasteiger partial charge < -0.3 is 25.6 Å². The fraction of sp³-hybridized carbons (Fsp3) is 0.500. The average molecular weight is 577 g/mol. The van der Waals surface area contributed by atoms with Gasteiger partial charge in [0, 0.05) is 35.4 Å². The number of rotatable bonds is 9. The van der Waals surface area contributed by atoms with E-state index in [9.17, 15) is 18.0 Å². The molecule has 1 unspecified atom stereocenters. The zero-order chi connectivity index (χ0) is 28.4. The third-order valence-corrected chi connectivity index (χ3v) is 9.98. The Labute approximate surface area is 235 Å². The number of likely N-dealkylation sites (N-methyl/N-ethyl adjacent to an activating group) is 1. The van der Waals surface area contributed by atoms with Crippen LogP contribution in [0.2, 0.25) is 5.02 Å². The molecule has 2 aromatic carbocycles. The maximum absolute atomic E-state index is 14.0. The van der Waals surface area contributed by atoms with Crippen molar-refractivity contribution < 1.29 is 22.7 Å². The van der Waals surface area contributed by atoms with E-state index in [1.165, 1.54) is 37.8 Å². The Morgan fingerprint density at radius 3 is 2.44 bits per heavy atom. The number of nitrogens with one attached hydrogen (secondary N) is 3. The molecule has 0 saturated heterocycles. The van der Waals surface area contributed by atoms with Crippen molar-refractivity contribution in [2.24, 2.45) is 5.92 Å². The highest BCUT2D eigenvalue weighted by molar-refractivity contribution is 7.91. The molecule has 11 heteroatoms. The van der Waals surface area contributed by atoms with Crippen LogP contribution in [-0.2, 0) is 20.2 Å². The van der Waals surface area contributed by atoms with E-state index in [4.69, 9.17) is 16.3 Å². The molecule has 39 heavy (non-hydrogen) atoms. The Hall–Kier alpha value is -2.82. The number of amides is 3. The fourth-order valence-electron chi connectivity index (χ4n) is 5.78. The monoisotopic (exact) mass is 576 g/mol. The van der Waals surface area contributed by atoms with E-state index < -0.39 is 15.4 Å². The SMILES string of the molecule is CCN(CC)C(=O)Nc1ccc(S(=O)(=O)c2cc(Cl)cc3c2NC(=O)C3(CC2CCCCC2)NC)c(OC)c1. The summed E-state index contributed by atoms with van der Waals surface area (Å²) in [6.45, 7) is 4.82. The van der Waals surface area contributed by atoms with Gasteiger partial charge in [0.15, 0.2) is 0 Å². The number of benzene rings is 2. The second-order valence-corrected chi connectivity index (χ2v) is 12.4. The summed E-state index contributed by atoms with van der Waals surface area (Å²) in [5.74, 6) is 0.124. The topological polar surface area (TPSA) is 117 Å². The van der Waals surface area contributed by atoms with Crippen LogP contribution in [-0.4, -0.2) is 52.5 Å². The van der Waals surface area contributed by atoms with E-state index in [1.807, 2.05) is 13.8 Å². The highest BCUT2D eigenvalue weighted by Crippen LogP contribution is 2.48. The lowest BCUT2D eigenvalue weighted by Gasteiger charge is -2.33. The van der Waals surface area contributed by atoms with E-state index in [0.717, 1.165) is 25.7 Å². The number of fused-ring (bicyclic) bond motifs is 1. The number of urea groups is 1. The molecule has 0 aromatic heterocycles. The number of hydrogen-bond donors (Lipinski definition) is 3. The molecule has 1 saturated carbocycles. The van der Waals surface area contributed by atoms with Crippen molar-refractivity contribution in [1.29, 1.82) is 0 Å². The number of anilines is 2. The van der Waals surface area contributed by atoms with Crippen LogP contribution in [0.15, 0.2) is 40.1 Å². The molecule has 3 amide bonds. The molecular formula is C28H37ClN4O5S. The molecule has 212 valence electrons. The molecule has 1 heterocycles. The Morgan fingerprint density at radius 1 is 1.13 bits per heavy atom. The zero-order valence-electron chi connectivity index (χ0n) is 22.9. The van der Waals surface area contributed by atoms with Gasteiger partial charge in [-0.15, -0.1) is 0 Å². The van der Waals surface area contributed by atoms with E-state index in [0.29, 0.717) is 36.7 Å². The number of halogens is 1. The normalized spacial score (nSPS) is 19.4. The number of methoxy groups -OCH3 is 1. The summed E-state index contributed by atoms with van der Waals surface area (Å²) in [5, 5.41) is 9.06. The van der Waals surface area contributed by atoms with Crippen LogP contribution in [0.5, 0.6) is 5.75 Å². The van der Waals surface area contributed by atoms with E-state index in [-0.39, 0.29) is 38.2 Å². The summed E-state index contributed by atoms with van der Waals surface area (Å²) < 4.78 is 33.5. The van der Waals surface area contributed by atoms with Gasteiger partial charge in [-0.05, 0) is 57.5 Å². The largest absolute Gasteiger partial charge is 0.495 e. The summed E-state index contributed by atoms with van der Waals surface area (Å²) in [5.41, 5.74) is 0.0908. The molecule has 0 spiro atoms. The van der Waals surface area contributed by atoms with Crippen LogP contribution in [0.4, 0.5) is 16.2 Å². The number of sulfone groups is 1. The van der Waals surface area contributed by atoms with Gasteiger partial charge in [-0.1, -0.05) is 43.7 Å². The highest BCUT2D eigenvalue weighted by atomic mass is 35.5. The number of nitrogens with zero attached hydrogens (tertiary/aromatic N) is 1. The van der Waals surface area contributed by atoms with Crippen molar-refractivity contribution in [3.63, 3.8) is 0 Å². The van der Waals surface area contributed by atoms with E-state index in [1.54, 1.807) is 18.0 Å². The summed E-state index contributed by atoms with van der Waals surface area (Å²) in [4.78, 5) is 27.4.